The number of nitrogens with zero attached hydrogens (tertiary/aromatic N) is 4. The van der Waals surface area contributed by atoms with Gasteiger partial charge >= 0.3 is 0 Å². The van der Waals surface area contributed by atoms with E-state index >= 15 is 0 Å². The second-order valence-corrected chi connectivity index (χ2v) is 10.2. The number of halogens is 1. The maximum absolute atomic E-state index is 11.4. The Balaban J connectivity index is 1.21. The van der Waals surface area contributed by atoms with Gasteiger partial charge in [-0.2, -0.15) is 0 Å². The molecule has 2 atom stereocenters. The average Bonchev–Trinajstić information content (AvgIpc) is 3.16. The molecule has 1 aliphatic carbocycles. The van der Waals surface area contributed by atoms with Crippen molar-refractivity contribution in [1.82, 2.24) is 9.97 Å². The zero-order valence-corrected chi connectivity index (χ0v) is 19.6. The predicted octanol–water partition coefficient (Wildman–Crippen LogP) is 4.86. The van der Waals surface area contributed by atoms with Gasteiger partial charge in [-0.1, -0.05) is 30.7 Å². The monoisotopic (exact) mass is 454 g/mol. The summed E-state index contributed by atoms with van der Waals surface area (Å²) in [4.78, 5) is 24.9. The lowest BCUT2D eigenvalue weighted by Crippen LogP contribution is -2.27. The summed E-state index contributed by atoms with van der Waals surface area (Å²) in [5.41, 5.74) is 1.69. The van der Waals surface area contributed by atoms with E-state index in [-0.39, 0.29) is 17.8 Å². The number of Topliss-reactive ketones (excluding diaryl/α,β-unsaturated/α-hetero) is 1. The van der Waals surface area contributed by atoms with Crippen LogP contribution in [-0.4, -0.2) is 48.0 Å². The number of hydrogen-bond acceptors (Lipinski definition) is 6. The summed E-state index contributed by atoms with van der Waals surface area (Å²) in [5.74, 6) is 2.99. The first kappa shape index (κ1) is 21.5. The Hall–Kier alpha value is -2.34. The zero-order valence-electron chi connectivity index (χ0n) is 18.9. The fraction of sp³-hybridized carbons (Fsp3) is 0.560. The Morgan fingerprint density at radius 3 is 2.53 bits per heavy atom. The third-order valence-electron chi connectivity index (χ3n) is 7.24. The lowest BCUT2D eigenvalue weighted by Gasteiger charge is -2.23. The van der Waals surface area contributed by atoms with Crippen molar-refractivity contribution in [3.63, 3.8) is 0 Å². The van der Waals surface area contributed by atoms with Crippen molar-refractivity contribution in [3.05, 3.63) is 41.2 Å². The first-order chi connectivity index (χ1) is 15.4. The fourth-order valence-electron chi connectivity index (χ4n) is 5.13. The molecule has 6 nitrogen and oxygen atoms in total. The molecule has 7 heteroatoms. The summed E-state index contributed by atoms with van der Waals surface area (Å²) >= 11 is 6.80. The van der Waals surface area contributed by atoms with Gasteiger partial charge in [0.15, 0.2) is 11.6 Å². The van der Waals surface area contributed by atoms with E-state index in [1.165, 1.54) is 19.3 Å². The van der Waals surface area contributed by atoms with Crippen molar-refractivity contribution in [3.8, 4) is 5.75 Å². The van der Waals surface area contributed by atoms with Crippen molar-refractivity contribution in [2.75, 3.05) is 36.0 Å². The Kier molecular flexibility index (Phi) is 5.74. The molecule has 3 heterocycles. The molecule has 3 aliphatic rings. The topological polar surface area (TPSA) is 58.6 Å². The molecule has 0 bridgehead atoms. The van der Waals surface area contributed by atoms with Crippen LogP contribution in [-0.2, 0) is 4.79 Å². The van der Waals surface area contributed by atoms with Gasteiger partial charge in [0.1, 0.15) is 29.0 Å². The highest BCUT2D eigenvalue weighted by molar-refractivity contribution is 6.35. The summed E-state index contributed by atoms with van der Waals surface area (Å²) in [5, 5.41) is 0.662. The average molecular weight is 455 g/mol. The van der Waals surface area contributed by atoms with Gasteiger partial charge in [-0.15, -0.1) is 0 Å². The van der Waals surface area contributed by atoms with Crippen LogP contribution in [0.4, 0.5) is 11.6 Å². The van der Waals surface area contributed by atoms with Crippen LogP contribution in [0.15, 0.2) is 30.6 Å². The molecule has 0 unspecified atom stereocenters. The van der Waals surface area contributed by atoms with Gasteiger partial charge < -0.3 is 19.3 Å². The third-order valence-corrected chi connectivity index (χ3v) is 7.58. The molecule has 1 aromatic heterocycles. The van der Waals surface area contributed by atoms with Crippen LogP contribution in [0, 0.1) is 5.41 Å². The summed E-state index contributed by atoms with van der Waals surface area (Å²) in [6, 6.07) is 8.13. The smallest absolute Gasteiger partial charge is 0.153 e. The summed E-state index contributed by atoms with van der Waals surface area (Å²) in [7, 11) is 0. The highest BCUT2D eigenvalue weighted by Gasteiger charge is 2.48. The number of ether oxygens (including phenoxy) is 1. The van der Waals surface area contributed by atoms with Gasteiger partial charge in [0.25, 0.3) is 0 Å². The van der Waals surface area contributed by atoms with Crippen molar-refractivity contribution >= 4 is 29.0 Å². The SMILES string of the molecule is CC(=O)C[C@@H](C)c1ccc(O[C@@H]2CCN(c3ncnc(N4CCC5(CC5)C4)c3Cl)C2)cc1. The number of carbonyl (C=O) groups excluding carboxylic acids is 1. The molecule has 0 amide bonds. The van der Waals surface area contributed by atoms with E-state index in [0.717, 1.165) is 55.5 Å². The number of hydrogen-bond donors (Lipinski definition) is 0. The van der Waals surface area contributed by atoms with Gasteiger partial charge in [-0.05, 0) is 55.2 Å². The molecule has 0 radical (unpaired) electrons. The van der Waals surface area contributed by atoms with Crippen LogP contribution in [0.1, 0.15) is 57.4 Å². The molecular formula is C25H31ClN4O2. The number of ketones is 1. The van der Waals surface area contributed by atoms with E-state index < -0.39 is 0 Å². The number of anilines is 2. The standard InChI is InChI=1S/C25H31ClN4O2/c1-17(13-18(2)31)19-3-5-20(6-4-19)32-21-7-11-29(14-21)23-22(26)24(28-16-27-23)30-12-10-25(15-30)8-9-25/h3-6,16-17,21H,7-15H2,1-2H3/t17-,21-/m1/s1. The molecule has 0 N–H and O–H groups in total. The summed E-state index contributed by atoms with van der Waals surface area (Å²) in [6.45, 7) is 7.43. The molecule has 32 heavy (non-hydrogen) atoms. The number of rotatable bonds is 7. The third kappa shape index (κ3) is 4.42. The molecule has 1 saturated carbocycles. The Morgan fingerprint density at radius 2 is 1.88 bits per heavy atom. The predicted molar refractivity (Wildman–Crippen MR) is 127 cm³/mol. The van der Waals surface area contributed by atoms with E-state index in [9.17, 15) is 4.79 Å². The zero-order chi connectivity index (χ0) is 22.3. The minimum atomic E-state index is 0.0893. The molecule has 5 rings (SSSR count). The molecular weight excluding hydrogens is 424 g/mol. The molecule has 3 fully saturated rings. The normalized spacial score (nSPS) is 22.4. The second kappa shape index (κ2) is 8.54. The Morgan fingerprint density at radius 1 is 1.16 bits per heavy atom. The minimum absolute atomic E-state index is 0.0893. The Labute approximate surface area is 194 Å². The van der Waals surface area contributed by atoms with Crippen LogP contribution in [0.25, 0.3) is 0 Å². The van der Waals surface area contributed by atoms with Gasteiger partial charge in [0, 0.05) is 32.5 Å². The summed E-state index contributed by atoms with van der Waals surface area (Å²) in [6.07, 6.45) is 7.13. The molecule has 170 valence electrons. The first-order valence-electron chi connectivity index (χ1n) is 11.7. The second-order valence-electron chi connectivity index (χ2n) is 9.86. The molecule has 2 aromatic rings. The highest BCUT2D eigenvalue weighted by Crippen LogP contribution is 2.53. The number of benzene rings is 1. The fourth-order valence-corrected chi connectivity index (χ4v) is 5.46. The van der Waals surface area contributed by atoms with Crippen molar-refractivity contribution in [2.24, 2.45) is 5.41 Å². The maximum Gasteiger partial charge on any atom is 0.153 e. The van der Waals surface area contributed by atoms with E-state index in [4.69, 9.17) is 16.3 Å². The molecule has 1 spiro atoms. The van der Waals surface area contributed by atoms with E-state index in [2.05, 4.69) is 38.8 Å². The van der Waals surface area contributed by atoms with Crippen LogP contribution in [0.2, 0.25) is 5.02 Å². The largest absolute Gasteiger partial charge is 0.489 e. The first-order valence-corrected chi connectivity index (χ1v) is 12.1. The molecule has 2 saturated heterocycles. The summed E-state index contributed by atoms with van der Waals surface area (Å²) < 4.78 is 6.24. The van der Waals surface area contributed by atoms with Crippen molar-refractivity contribution in [1.29, 1.82) is 0 Å². The van der Waals surface area contributed by atoms with Crippen LogP contribution < -0.4 is 14.5 Å². The van der Waals surface area contributed by atoms with Crippen LogP contribution in [0.3, 0.4) is 0 Å². The van der Waals surface area contributed by atoms with Crippen LogP contribution in [0.5, 0.6) is 5.75 Å². The van der Waals surface area contributed by atoms with Crippen LogP contribution >= 0.6 is 11.6 Å². The van der Waals surface area contributed by atoms with E-state index in [1.54, 1.807) is 13.3 Å². The van der Waals surface area contributed by atoms with Gasteiger partial charge in [0.2, 0.25) is 0 Å². The van der Waals surface area contributed by atoms with Crippen molar-refractivity contribution in [2.45, 2.75) is 58.0 Å². The quantitative estimate of drug-likeness (QED) is 0.595. The lowest BCUT2D eigenvalue weighted by molar-refractivity contribution is -0.117. The lowest BCUT2D eigenvalue weighted by atomic mass is 9.96. The van der Waals surface area contributed by atoms with Gasteiger partial charge in [-0.25, -0.2) is 9.97 Å². The van der Waals surface area contributed by atoms with E-state index in [0.29, 0.717) is 16.9 Å². The molecule has 2 aliphatic heterocycles. The highest BCUT2D eigenvalue weighted by atomic mass is 35.5. The number of aromatic nitrogens is 2. The van der Waals surface area contributed by atoms with Gasteiger partial charge in [-0.3, -0.25) is 0 Å². The van der Waals surface area contributed by atoms with E-state index in [1.807, 2.05) is 12.1 Å². The number of carbonyl (C=O) groups is 1. The molecule has 1 aromatic carbocycles. The van der Waals surface area contributed by atoms with Crippen molar-refractivity contribution < 1.29 is 9.53 Å². The Bertz CT molecular complexity index is 992. The van der Waals surface area contributed by atoms with Gasteiger partial charge in [0.05, 0.1) is 6.54 Å². The minimum Gasteiger partial charge on any atom is -0.489 e. The maximum atomic E-state index is 11.4.